The number of aliphatic hydroxyl groups is 1. The summed E-state index contributed by atoms with van der Waals surface area (Å²) in [5.74, 6) is -2.50. The van der Waals surface area contributed by atoms with Gasteiger partial charge in [0, 0.05) is 93.9 Å². The number of carboxylic acids is 1. The number of rotatable bonds is 35. The average Bonchev–Trinajstić information content (AvgIpc) is 0.706. The number of aromatic nitrogens is 6. The third kappa shape index (κ3) is 18.3. The molecule has 4 aliphatic carbocycles. The molecule has 2 aromatic carbocycles. The summed E-state index contributed by atoms with van der Waals surface area (Å²) < 4.78 is 21.4. The van der Waals surface area contributed by atoms with Crippen molar-refractivity contribution < 1.29 is 62.8 Å². The number of anilines is 5. The number of hydrogen-bond acceptors (Lipinski definition) is 20. The Morgan fingerprint density at radius 1 is 0.820 bits per heavy atom. The number of urea groups is 1. The monoisotopic (exact) mass is 1390 g/mol. The SMILES string of the molecule is Cc1cc(N(C)c2ccc(-c3cnn(CC45CC6(OCCN(CCCO)C(=O)OCc7ccc(NC(=O)C[C@H](CCCNC(N)=O)CNC(=O)[C@@H](NC(=O)CCOCCN8C(=O)C=CC8=O)C(C)C)cc7)C[C@](C)(C4)C[C@](C)(C5)C6)c3C)c(C(=O)O)n2)nnc1Nc1nc2ccccc2s1. The van der Waals surface area contributed by atoms with Gasteiger partial charge in [0.15, 0.2) is 22.5 Å². The van der Waals surface area contributed by atoms with Crippen molar-refractivity contribution in [2.45, 2.75) is 137 Å². The zero-order chi connectivity index (χ0) is 71.5. The van der Waals surface area contributed by atoms with E-state index in [2.05, 4.69) is 60.6 Å². The predicted molar refractivity (Wildman–Crippen MR) is 374 cm³/mol. The first-order valence-corrected chi connectivity index (χ1v) is 34.8. The Hall–Kier alpha value is -9.45. The second-order valence-electron chi connectivity index (χ2n) is 28.2. The molecule has 6 aromatic rings. The van der Waals surface area contributed by atoms with Crippen molar-refractivity contribution in [2.75, 3.05) is 81.7 Å². The summed E-state index contributed by atoms with van der Waals surface area (Å²) in [6, 6.07) is 18.6. The largest absolute Gasteiger partial charge is 0.476 e. The number of carbonyl (C=O) groups is 8. The first-order chi connectivity index (χ1) is 47.7. The lowest BCUT2D eigenvalue weighted by Gasteiger charge is -2.69. The second-order valence-corrected chi connectivity index (χ2v) is 29.2. The number of benzene rings is 2. The number of nitrogens with zero attached hydrogens (tertiary/aromatic N) is 9. The molecule has 11 rings (SSSR count). The molecular weight excluding hydrogens is 1300 g/mol. The molecule has 0 saturated heterocycles. The minimum atomic E-state index is -1.18. The van der Waals surface area contributed by atoms with Gasteiger partial charge in [0.2, 0.25) is 17.7 Å². The Morgan fingerprint density at radius 3 is 2.25 bits per heavy atom. The van der Waals surface area contributed by atoms with Crippen molar-refractivity contribution >= 4 is 97.5 Å². The number of carbonyl (C=O) groups excluding carboxylic acids is 7. The van der Waals surface area contributed by atoms with Crippen molar-refractivity contribution in [1.29, 1.82) is 0 Å². The Kier molecular flexibility index (Phi) is 23.3. The maximum absolute atomic E-state index is 13.8. The fraction of sp³-hybridized carbons (Fsp3) is 0.507. The molecule has 4 aromatic heterocycles. The van der Waals surface area contributed by atoms with Crippen molar-refractivity contribution in [2.24, 2.45) is 33.8 Å². The van der Waals surface area contributed by atoms with Crippen LogP contribution in [0.5, 0.6) is 0 Å². The lowest BCUT2D eigenvalue weighted by atomic mass is 9.39. The highest BCUT2D eigenvalue weighted by atomic mass is 32.1. The van der Waals surface area contributed by atoms with Crippen LogP contribution in [0.15, 0.2) is 85.1 Å². The zero-order valence-electron chi connectivity index (χ0n) is 57.8. The third-order valence-corrected chi connectivity index (χ3v) is 20.2. The number of amides is 8. The van der Waals surface area contributed by atoms with Crippen molar-refractivity contribution in [3.8, 4) is 11.1 Å². The summed E-state index contributed by atoms with van der Waals surface area (Å²) in [6.45, 7) is 13.8. The zero-order valence-corrected chi connectivity index (χ0v) is 58.6. The van der Waals surface area contributed by atoms with E-state index in [0.717, 1.165) is 64.9 Å². The van der Waals surface area contributed by atoms with Gasteiger partial charge in [-0.25, -0.2) is 24.4 Å². The summed E-state index contributed by atoms with van der Waals surface area (Å²) in [6.07, 6.45) is 10.2. The number of para-hydroxylation sites is 1. The minimum absolute atomic E-state index is 0.00120. The number of nitrogens with two attached hydrogens (primary N) is 1. The number of ether oxygens (including phenoxy) is 3. The van der Waals surface area contributed by atoms with Gasteiger partial charge < -0.3 is 66.5 Å². The smallest absolute Gasteiger partial charge is 0.410 e. The number of aryl methyl sites for hydroxylation is 1. The lowest BCUT2D eigenvalue weighted by molar-refractivity contribution is -0.248. The molecule has 28 nitrogen and oxygen atoms in total. The lowest BCUT2D eigenvalue weighted by Crippen LogP contribution is -2.64. The normalized spacial score (nSPS) is 20.4. The fourth-order valence-corrected chi connectivity index (χ4v) is 16.5. The average molecular weight is 1390 g/mol. The van der Waals surface area contributed by atoms with E-state index in [1.165, 1.54) is 23.5 Å². The summed E-state index contributed by atoms with van der Waals surface area (Å²) in [5.41, 5.74) is 9.27. The molecule has 4 bridgehead atoms. The number of primary amides is 1. The second kappa shape index (κ2) is 31.8. The minimum Gasteiger partial charge on any atom is -0.476 e. The molecule has 2 unspecified atom stereocenters. The van der Waals surface area contributed by atoms with Crippen LogP contribution in [-0.4, -0.2) is 175 Å². The van der Waals surface area contributed by atoms with Gasteiger partial charge >= 0.3 is 18.1 Å². The van der Waals surface area contributed by atoms with Crippen molar-refractivity contribution in [3.05, 3.63) is 108 Å². The molecule has 100 heavy (non-hydrogen) atoms. The van der Waals surface area contributed by atoms with Crippen LogP contribution < -0.4 is 37.2 Å². The van der Waals surface area contributed by atoms with E-state index in [1.54, 1.807) is 73.3 Å². The third-order valence-electron chi connectivity index (χ3n) is 19.2. The van der Waals surface area contributed by atoms with Crippen LogP contribution in [0.2, 0.25) is 0 Å². The molecule has 534 valence electrons. The van der Waals surface area contributed by atoms with E-state index in [1.807, 2.05) is 48.9 Å². The number of nitrogens with one attached hydrogen (secondary N) is 5. The van der Waals surface area contributed by atoms with Crippen molar-refractivity contribution in [3.63, 3.8) is 0 Å². The van der Waals surface area contributed by atoms with E-state index in [-0.39, 0.29) is 118 Å². The van der Waals surface area contributed by atoms with Crippen molar-refractivity contribution in [1.82, 2.24) is 55.7 Å². The highest BCUT2D eigenvalue weighted by Gasteiger charge is 2.66. The van der Waals surface area contributed by atoms with Gasteiger partial charge in [-0.05, 0) is 153 Å². The van der Waals surface area contributed by atoms with Crippen LogP contribution >= 0.6 is 11.3 Å². The molecule has 9 N–H and O–H groups in total. The van der Waals surface area contributed by atoms with Gasteiger partial charge in [-0.1, -0.05) is 63.3 Å². The van der Waals surface area contributed by atoms with E-state index >= 15 is 0 Å². The maximum Gasteiger partial charge on any atom is 0.410 e. The number of carboxylic acid groups (broad SMARTS) is 1. The van der Waals surface area contributed by atoms with Gasteiger partial charge in [-0.3, -0.25) is 33.6 Å². The molecule has 6 atom stereocenters. The topological polar surface area (TPSA) is 370 Å². The number of aromatic carboxylic acids is 1. The van der Waals surface area contributed by atoms with Crippen LogP contribution in [0.25, 0.3) is 21.3 Å². The number of fused-ring (bicyclic) bond motifs is 1. The fourth-order valence-electron chi connectivity index (χ4n) is 15.7. The van der Waals surface area contributed by atoms with E-state index in [9.17, 15) is 48.6 Å². The summed E-state index contributed by atoms with van der Waals surface area (Å²) >= 11 is 1.52. The molecule has 29 heteroatoms. The Bertz CT molecular complexity index is 3960. The Balaban J connectivity index is 0.708. The van der Waals surface area contributed by atoms with E-state index in [4.69, 9.17) is 25.0 Å². The first kappa shape index (κ1) is 73.3. The molecule has 1 aliphatic heterocycles. The molecule has 8 amide bonds. The van der Waals surface area contributed by atoms with Crippen LogP contribution in [-0.2, 0) is 51.3 Å². The first-order valence-electron chi connectivity index (χ1n) is 34.0. The molecular formula is C71H91N15O13S. The predicted octanol–water partition coefficient (Wildman–Crippen LogP) is 8.31. The highest BCUT2D eigenvalue weighted by Crippen LogP contribution is 2.72. The van der Waals surface area contributed by atoms with Crippen LogP contribution in [0.1, 0.15) is 126 Å². The molecule has 4 fully saturated rings. The quantitative estimate of drug-likeness (QED) is 0.0137. The van der Waals surface area contributed by atoms with Crippen LogP contribution in [0, 0.1) is 41.9 Å². The molecule has 5 aliphatic rings. The molecule has 5 heterocycles. The molecule has 4 saturated carbocycles. The van der Waals surface area contributed by atoms with Crippen LogP contribution in [0.3, 0.4) is 0 Å². The Morgan fingerprint density at radius 2 is 1.56 bits per heavy atom. The number of aliphatic hydroxyl groups excluding tert-OH is 1. The molecule has 0 spiro atoms. The standard InChI is InChI=1S/C71H91N15O13S/c1-44(2)60(79-56(88)23-29-97-30-27-85-58(90)21-22-59(85)91)63(92)74-34-48(12-10-24-73-65(72)95)33-57(89)76-49-17-15-47(16-18-49)36-98-67(96)84(25-11-28-87)26-31-99-71-40-68(5)37-69(6,41-71)39-70(38-68,42-71)43-86-46(4)51(35-75-86)50-19-20-54(78-61(50)64(93)94)83(7)55-32-45(3)62(82-81-55)80-66-77-52-13-8-9-14-53(52)100-66/h8-9,13-22,32,35,44,48,60,87H,10-12,23-31,33-34,36-43H2,1-7H3,(H,74,92)(H,76,89)(H,79,88)(H,93,94)(H3,72,73,95)(H,77,80,82)/t48-,60-,68-,69+,70?,71?/m0/s1. The van der Waals surface area contributed by atoms with Gasteiger partial charge in [-0.2, -0.15) is 5.10 Å². The number of imide groups is 1. The number of pyridine rings is 1. The van der Waals surface area contributed by atoms with E-state index in [0.29, 0.717) is 70.8 Å². The summed E-state index contributed by atoms with van der Waals surface area (Å²) in [5, 5.41) is 49.4. The Labute approximate surface area is 584 Å². The van der Waals surface area contributed by atoms with Crippen LogP contribution in [0.4, 0.5) is 37.9 Å². The van der Waals surface area contributed by atoms with Gasteiger partial charge in [-0.15, -0.1) is 10.2 Å². The molecule has 0 radical (unpaired) electrons. The number of hydrogen-bond donors (Lipinski definition) is 8. The highest BCUT2D eigenvalue weighted by molar-refractivity contribution is 7.22. The summed E-state index contributed by atoms with van der Waals surface area (Å²) in [7, 11) is 1.77. The van der Waals surface area contributed by atoms with Gasteiger partial charge in [0.05, 0.1) is 48.4 Å². The summed E-state index contributed by atoms with van der Waals surface area (Å²) in [4.78, 5) is 115. The van der Waals surface area contributed by atoms with E-state index < -0.39 is 53.4 Å². The maximum atomic E-state index is 13.8. The van der Waals surface area contributed by atoms with Gasteiger partial charge in [0.25, 0.3) is 11.8 Å². The number of thiazole rings is 1. The van der Waals surface area contributed by atoms with Gasteiger partial charge in [0.1, 0.15) is 18.5 Å².